The van der Waals surface area contributed by atoms with Crippen LogP contribution in [0.4, 0.5) is 0 Å². The Morgan fingerprint density at radius 1 is 1.00 bits per heavy atom. The van der Waals surface area contributed by atoms with Crippen molar-refractivity contribution in [3.63, 3.8) is 0 Å². The first-order valence-corrected chi connectivity index (χ1v) is 5.82. The predicted molar refractivity (Wildman–Crippen MR) is 62.9 cm³/mol. The lowest BCUT2D eigenvalue weighted by Gasteiger charge is -2.35. The Bertz CT molecular complexity index is 359. The van der Waals surface area contributed by atoms with Crippen LogP contribution in [0, 0.1) is 5.92 Å². The molecule has 2 fully saturated rings. The maximum atomic E-state index is 9.18. The summed E-state index contributed by atoms with van der Waals surface area (Å²) in [5.74, 6) is -0.868. The van der Waals surface area contributed by atoms with Crippen molar-refractivity contribution in [2.75, 3.05) is 13.1 Å². The second kappa shape index (κ2) is 3.84. The molecule has 0 radical (unpaired) electrons. The zero-order valence-corrected chi connectivity index (χ0v) is 10.1. The van der Waals surface area contributed by atoms with E-state index in [0.717, 1.165) is 0 Å². The first-order chi connectivity index (χ1) is 7.86. The van der Waals surface area contributed by atoms with Crippen LogP contribution in [-0.4, -0.2) is 44.0 Å². The Labute approximate surface area is 100 Å². The molecule has 2 aliphatic rings. The van der Waals surface area contributed by atoms with Gasteiger partial charge in [-0.25, -0.2) is 0 Å². The molecule has 0 atom stereocenters. The van der Waals surface area contributed by atoms with Crippen LogP contribution in [0.2, 0.25) is 0 Å². The fourth-order valence-electron chi connectivity index (χ4n) is 3.04. The summed E-state index contributed by atoms with van der Waals surface area (Å²) in [5, 5.41) is 36.7. The molecule has 0 unspecified atom stereocenters. The number of hydrogen-bond acceptors (Lipinski definition) is 5. The predicted octanol–water partition coefficient (Wildman–Crippen LogP) is 2.15. The van der Waals surface area contributed by atoms with Gasteiger partial charge in [-0.2, -0.15) is 0 Å². The van der Waals surface area contributed by atoms with Gasteiger partial charge in [0.25, 0.3) is 11.9 Å². The van der Waals surface area contributed by atoms with Crippen LogP contribution in [0.1, 0.15) is 26.7 Å². The Hall–Kier alpha value is -1.36. The van der Waals surface area contributed by atoms with Crippen molar-refractivity contribution in [2.24, 2.45) is 5.92 Å². The van der Waals surface area contributed by atoms with Crippen LogP contribution in [0.25, 0.3) is 0 Å². The molecule has 2 rings (SSSR count). The van der Waals surface area contributed by atoms with E-state index in [1.165, 1.54) is 0 Å². The van der Waals surface area contributed by atoms with E-state index in [4.69, 9.17) is 0 Å². The Balaban J connectivity index is 2.35. The van der Waals surface area contributed by atoms with Crippen molar-refractivity contribution in [1.29, 1.82) is 0 Å². The molecular formula is C12H19NO4. The molecule has 0 aromatic heterocycles. The van der Waals surface area contributed by atoms with Crippen LogP contribution >= 0.6 is 0 Å². The second-order valence-corrected chi connectivity index (χ2v) is 5.32. The average molecular weight is 241 g/mol. The quantitative estimate of drug-likeness (QED) is 0.529. The monoisotopic (exact) mass is 241 g/mol. The van der Waals surface area contributed by atoms with Crippen LogP contribution in [0.15, 0.2) is 23.0 Å². The molecule has 5 nitrogen and oxygen atoms in total. The largest absolute Gasteiger partial charge is 0.481 e. The van der Waals surface area contributed by atoms with Crippen molar-refractivity contribution in [3.05, 3.63) is 23.0 Å². The maximum absolute atomic E-state index is 9.18. The summed E-state index contributed by atoms with van der Waals surface area (Å²) in [6.45, 7) is 5.11. The second-order valence-electron chi connectivity index (χ2n) is 5.32. The van der Waals surface area contributed by atoms with Gasteiger partial charge in [0, 0.05) is 29.8 Å². The Morgan fingerprint density at radius 3 is 1.65 bits per heavy atom. The van der Waals surface area contributed by atoms with Gasteiger partial charge < -0.3 is 20.4 Å². The molecule has 0 aromatic rings. The van der Waals surface area contributed by atoms with Gasteiger partial charge in [0.15, 0.2) is 0 Å². The number of nitrogens with zero attached hydrogens (tertiary/aromatic N) is 1. The van der Waals surface area contributed by atoms with Gasteiger partial charge in [-0.3, -0.25) is 4.90 Å². The van der Waals surface area contributed by atoms with E-state index in [1.807, 2.05) is 0 Å². The number of aliphatic hydroxyl groups is 4. The Morgan fingerprint density at radius 2 is 1.41 bits per heavy atom. The fraction of sp³-hybridized carbons (Fsp3) is 0.667. The highest BCUT2D eigenvalue weighted by atomic mass is 16.5. The van der Waals surface area contributed by atoms with Crippen LogP contribution in [0.3, 0.4) is 0 Å². The van der Waals surface area contributed by atoms with E-state index < -0.39 is 11.9 Å². The minimum atomic E-state index is -0.585. The summed E-state index contributed by atoms with van der Waals surface area (Å²) in [4.78, 5) is 2.10. The fourth-order valence-corrected chi connectivity index (χ4v) is 3.04. The highest BCUT2D eigenvalue weighted by Gasteiger charge is 2.51. The number of hydrogen-bond donors (Lipinski definition) is 4. The van der Waals surface area contributed by atoms with Gasteiger partial charge in [0.05, 0.1) is 0 Å². The molecule has 0 bridgehead atoms. The molecule has 17 heavy (non-hydrogen) atoms. The molecule has 5 heteroatoms. The van der Waals surface area contributed by atoms with Crippen molar-refractivity contribution in [1.82, 2.24) is 4.90 Å². The lowest BCUT2D eigenvalue weighted by molar-refractivity contribution is 0.136. The summed E-state index contributed by atoms with van der Waals surface area (Å²) >= 11 is 0. The van der Waals surface area contributed by atoms with E-state index >= 15 is 0 Å². The topological polar surface area (TPSA) is 84.2 Å². The van der Waals surface area contributed by atoms with Crippen LogP contribution in [0.5, 0.6) is 0 Å². The van der Waals surface area contributed by atoms with E-state index in [-0.39, 0.29) is 5.54 Å². The zero-order chi connectivity index (χ0) is 12.8. The summed E-state index contributed by atoms with van der Waals surface area (Å²) in [7, 11) is 0. The molecule has 2 heterocycles. The minimum Gasteiger partial charge on any atom is -0.481 e. The third-order valence-electron chi connectivity index (χ3n) is 4.14. The summed E-state index contributed by atoms with van der Waals surface area (Å²) in [5.41, 5.74) is 1.06. The zero-order valence-electron chi connectivity index (χ0n) is 10.1. The van der Waals surface area contributed by atoms with Gasteiger partial charge in [-0.1, -0.05) is 13.8 Å². The third kappa shape index (κ3) is 1.74. The minimum absolute atomic E-state index is 0.210. The third-order valence-corrected chi connectivity index (χ3v) is 4.14. The number of fused-ring (bicyclic) bond motifs is 1. The first kappa shape index (κ1) is 12.1. The van der Waals surface area contributed by atoms with E-state index in [2.05, 4.69) is 18.7 Å². The van der Waals surface area contributed by atoms with Crippen molar-refractivity contribution in [3.8, 4) is 0 Å². The van der Waals surface area contributed by atoms with Crippen LogP contribution < -0.4 is 0 Å². The highest BCUT2D eigenvalue weighted by molar-refractivity contribution is 5.29. The van der Waals surface area contributed by atoms with E-state index in [1.54, 1.807) is 0 Å². The van der Waals surface area contributed by atoms with Gasteiger partial charge in [0.1, 0.15) is 0 Å². The van der Waals surface area contributed by atoms with Crippen molar-refractivity contribution in [2.45, 2.75) is 32.2 Å². The SMILES string of the molecule is CC(C)C12CC(=C(O)O)CN1CC(=C(O)O)C2. The molecule has 2 aliphatic heterocycles. The number of aliphatic hydroxyl groups excluding tert-OH is 2. The maximum Gasteiger partial charge on any atom is 0.274 e. The first-order valence-electron chi connectivity index (χ1n) is 5.82. The van der Waals surface area contributed by atoms with Gasteiger partial charge >= 0.3 is 0 Å². The summed E-state index contributed by atoms with van der Waals surface area (Å²) in [6.07, 6.45) is 1.15. The molecule has 2 saturated heterocycles. The molecule has 0 saturated carbocycles. The van der Waals surface area contributed by atoms with Crippen molar-refractivity contribution < 1.29 is 20.4 Å². The van der Waals surface area contributed by atoms with Gasteiger partial charge in [-0.15, -0.1) is 0 Å². The van der Waals surface area contributed by atoms with Gasteiger partial charge in [0.2, 0.25) is 0 Å². The van der Waals surface area contributed by atoms with E-state index in [9.17, 15) is 20.4 Å². The lowest BCUT2D eigenvalue weighted by Crippen LogP contribution is -2.42. The Kier molecular flexibility index (Phi) is 2.73. The average Bonchev–Trinajstić information content (AvgIpc) is 2.69. The lowest BCUT2D eigenvalue weighted by atomic mass is 9.81. The smallest absolute Gasteiger partial charge is 0.274 e. The molecule has 4 N–H and O–H groups in total. The molecule has 0 aliphatic carbocycles. The summed E-state index contributed by atoms with van der Waals surface area (Å²) in [6, 6.07) is 0. The van der Waals surface area contributed by atoms with E-state index in [0.29, 0.717) is 43.0 Å². The van der Waals surface area contributed by atoms with Crippen molar-refractivity contribution >= 4 is 0 Å². The van der Waals surface area contributed by atoms with Crippen LogP contribution in [-0.2, 0) is 0 Å². The molecule has 0 amide bonds. The number of rotatable bonds is 1. The molecular weight excluding hydrogens is 222 g/mol. The highest BCUT2D eigenvalue weighted by Crippen LogP contribution is 2.48. The van der Waals surface area contributed by atoms with Gasteiger partial charge in [-0.05, 0) is 18.8 Å². The summed E-state index contributed by atoms with van der Waals surface area (Å²) < 4.78 is 0. The molecule has 0 aromatic carbocycles. The molecule has 0 spiro atoms. The molecule has 96 valence electrons. The standard InChI is InChI=1S/C12H19NO4/c1-7(2)12-3-8(10(14)15)5-13(12)6-9(4-12)11(16)17/h7,14-17H,3-6H2,1-2H3. The normalized spacial score (nSPS) is 23.2.